The molecule has 1 aromatic carbocycles. The van der Waals surface area contributed by atoms with Crippen LogP contribution in [-0.4, -0.2) is 54.1 Å². The summed E-state index contributed by atoms with van der Waals surface area (Å²) < 4.78 is 14.1. The Bertz CT molecular complexity index is 1710. The van der Waals surface area contributed by atoms with Crippen molar-refractivity contribution in [3.63, 3.8) is 0 Å². The maximum Gasteiger partial charge on any atom is 0.159 e. The normalized spacial score (nSPS) is 11.7. The van der Waals surface area contributed by atoms with Crippen LogP contribution >= 0.6 is 0 Å². The lowest BCUT2D eigenvalue weighted by molar-refractivity contribution is 0.402. The van der Waals surface area contributed by atoms with Crippen LogP contribution in [0.1, 0.15) is 11.1 Å². The molecular formula is C27H23FN8. The second-order valence-electron chi connectivity index (χ2n) is 9.17. The second kappa shape index (κ2) is 8.62. The lowest BCUT2D eigenvalue weighted by Crippen LogP contribution is -2.10. The van der Waals surface area contributed by atoms with Crippen LogP contribution in [0.5, 0.6) is 0 Å². The molecule has 0 aliphatic rings. The van der Waals surface area contributed by atoms with Crippen LogP contribution < -0.4 is 0 Å². The minimum Gasteiger partial charge on any atom is -0.336 e. The maximum atomic E-state index is 14.1. The summed E-state index contributed by atoms with van der Waals surface area (Å²) in [4.78, 5) is 23.8. The van der Waals surface area contributed by atoms with Crippen molar-refractivity contribution in [2.24, 2.45) is 0 Å². The molecule has 6 aromatic rings. The molecule has 5 aromatic heterocycles. The number of halogens is 1. The summed E-state index contributed by atoms with van der Waals surface area (Å²) in [6.45, 7) is 2.65. The zero-order valence-corrected chi connectivity index (χ0v) is 20.0. The molecule has 36 heavy (non-hydrogen) atoms. The van der Waals surface area contributed by atoms with Crippen molar-refractivity contribution in [2.75, 3.05) is 14.1 Å². The molecule has 0 aliphatic heterocycles. The number of fused-ring (bicyclic) bond motifs is 2. The first-order valence-corrected chi connectivity index (χ1v) is 11.5. The second-order valence-corrected chi connectivity index (χ2v) is 9.17. The molecule has 178 valence electrons. The molecule has 5 heterocycles. The third-order valence-electron chi connectivity index (χ3n) is 5.98. The van der Waals surface area contributed by atoms with Gasteiger partial charge in [-0.15, -0.1) is 0 Å². The number of nitrogens with zero attached hydrogens (tertiary/aromatic N) is 6. The predicted octanol–water partition coefficient (Wildman–Crippen LogP) is 5.13. The monoisotopic (exact) mass is 478 g/mol. The first-order chi connectivity index (χ1) is 17.4. The number of hydrogen-bond acceptors (Lipinski definition) is 6. The number of imidazole rings is 1. The standard InChI is InChI=1S/C27H23FN8/c1-15-6-17(9-19(28)7-15)24-26-21(4-5-30-24)32-27(33-26)25-20-10-22(31-13-23(20)34-35-25)18-8-16(11-29-12-18)14-36(2)3/h4-13H,14H2,1-3H3,(H,32,33)(H,34,35). The van der Waals surface area contributed by atoms with Gasteiger partial charge >= 0.3 is 0 Å². The van der Waals surface area contributed by atoms with E-state index < -0.39 is 0 Å². The first kappa shape index (κ1) is 22.0. The molecule has 2 N–H and O–H groups in total. The summed E-state index contributed by atoms with van der Waals surface area (Å²) in [5.74, 6) is 0.289. The van der Waals surface area contributed by atoms with Crippen LogP contribution in [0.25, 0.3) is 56.0 Å². The number of H-pyrrole nitrogens is 2. The van der Waals surface area contributed by atoms with Gasteiger partial charge in [-0.1, -0.05) is 0 Å². The van der Waals surface area contributed by atoms with Crippen molar-refractivity contribution in [2.45, 2.75) is 13.5 Å². The topological polar surface area (TPSA) is 99.3 Å². The average Bonchev–Trinajstić information content (AvgIpc) is 3.46. The lowest BCUT2D eigenvalue weighted by Gasteiger charge is -2.10. The Hall–Kier alpha value is -4.50. The van der Waals surface area contributed by atoms with Gasteiger partial charge in [0.1, 0.15) is 17.0 Å². The van der Waals surface area contributed by atoms with Gasteiger partial charge in [0.15, 0.2) is 5.82 Å². The Morgan fingerprint density at radius 1 is 0.917 bits per heavy atom. The van der Waals surface area contributed by atoms with E-state index in [1.54, 1.807) is 12.4 Å². The third kappa shape index (κ3) is 3.99. The summed E-state index contributed by atoms with van der Waals surface area (Å²) in [6, 6.07) is 10.8. The van der Waals surface area contributed by atoms with Crippen molar-refractivity contribution in [1.82, 2.24) is 40.0 Å². The number of aryl methyl sites for hydroxylation is 1. The van der Waals surface area contributed by atoms with Crippen LogP contribution in [0.15, 0.2) is 61.2 Å². The van der Waals surface area contributed by atoms with E-state index in [1.165, 1.54) is 12.1 Å². The van der Waals surface area contributed by atoms with E-state index in [0.717, 1.165) is 45.3 Å². The molecule has 0 radical (unpaired) electrons. The largest absolute Gasteiger partial charge is 0.336 e. The fourth-order valence-electron chi connectivity index (χ4n) is 4.47. The zero-order chi connectivity index (χ0) is 24.8. The van der Waals surface area contributed by atoms with Gasteiger partial charge < -0.3 is 9.88 Å². The SMILES string of the molecule is Cc1cc(F)cc(-c2nccc3[nH]c(-c4n[nH]c5cnc(-c6cncc(CN(C)C)c6)cc45)nc23)c1. The fourth-order valence-corrected chi connectivity index (χ4v) is 4.47. The number of rotatable bonds is 5. The Kier molecular flexibility index (Phi) is 5.26. The van der Waals surface area contributed by atoms with E-state index in [4.69, 9.17) is 4.98 Å². The van der Waals surface area contributed by atoms with Crippen LogP contribution in [0.2, 0.25) is 0 Å². The van der Waals surface area contributed by atoms with Gasteiger partial charge in [-0.05, 0) is 68.5 Å². The molecule has 0 fully saturated rings. The highest BCUT2D eigenvalue weighted by atomic mass is 19.1. The number of benzene rings is 1. The number of hydrogen-bond donors (Lipinski definition) is 2. The van der Waals surface area contributed by atoms with Crippen LogP contribution in [0.3, 0.4) is 0 Å². The average molecular weight is 479 g/mol. The molecule has 0 saturated carbocycles. The summed E-state index contributed by atoms with van der Waals surface area (Å²) in [5.41, 5.74) is 7.87. The van der Waals surface area contributed by atoms with E-state index in [2.05, 4.69) is 41.1 Å². The van der Waals surface area contributed by atoms with Crippen LogP contribution in [-0.2, 0) is 6.54 Å². The summed E-state index contributed by atoms with van der Waals surface area (Å²) in [7, 11) is 4.05. The summed E-state index contributed by atoms with van der Waals surface area (Å²) >= 11 is 0. The maximum absolute atomic E-state index is 14.1. The zero-order valence-electron chi connectivity index (χ0n) is 20.0. The summed E-state index contributed by atoms with van der Waals surface area (Å²) in [6.07, 6.45) is 7.14. The van der Waals surface area contributed by atoms with E-state index >= 15 is 0 Å². The van der Waals surface area contributed by atoms with Gasteiger partial charge in [-0.2, -0.15) is 5.10 Å². The lowest BCUT2D eigenvalue weighted by atomic mass is 10.1. The van der Waals surface area contributed by atoms with E-state index in [1.807, 2.05) is 51.6 Å². The van der Waals surface area contributed by atoms with E-state index in [-0.39, 0.29) is 5.82 Å². The van der Waals surface area contributed by atoms with Gasteiger partial charge in [0.05, 0.1) is 28.6 Å². The molecule has 9 heteroatoms. The minimum atomic E-state index is -0.304. The predicted molar refractivity (Wildman–Crippen MR) is 138 cm³/mol. The highest BCUT2D eigenvalue weighted by Gasteiger charge is 2.17. The quantitative estimate of drug-likeness (QED) is 0.356. The van der Waals surface area contributed by atoms with Crippen molar-refractivity contribution >= 4 is 21.9 Å². The molecule has 0 aliphatic carbocycles. The first-order valence-electron chi connectivity index (χ1n) is 11.5. The van der Waals surface area contributed by atoms with Crippen molar-refractivity contribution < 1.29 is 4.39 Å². The van der Waals surface area contributed by atoms with Gasteiger partial charge in [-0.25, -0.2) is 9.37 Å². The molecule has 0 saturated heterocycles. The Morgan fingerprint density at radius 3 is 2.64 bits per heavy atom. The molecular weight excluding hydrogens is 455 g/mol. The highest BCUT2D eigenvalue weighted by molar-refractivity contribution is 5.96. The molecule has 0 amide bonds. The third-order valence-corrected chi connectivity index (χ3v) is 5.98. The summed E-state index contributed by atoms with van der Waals surface area (Å²) in [5, 5.41) is 8.45. The molecule has 0 atom stereocenters. The Morgan fingerprint density at radius 2 is 1.81 bits per heavy atom. The van der Waals surface area contributed by atoms with Crippen LogP contribution in [0, 0.1) is 12.7 Å². The molecule has 0 unspecified atom stereocenters. The fraction of sp³-hybridized carbons (Fsp3) is 0.148. The van der Waals surface area contributed by atoms with Gasteiger partial charge in [0.25, 0.3) is 0 Å². The van der Waals surface area contributed by atoms with Gasteiger partial charge in [0, 0.05) is 41.6 Å². The molecule has 6 rings (SSSR count). The van der Waals surface area contributed by atoms with E-state index in [9.17, 15) is 4.39 Å². The molecule has 8 nitrogen and oxygen atoms in total. The van der Waals surface area contributed by atoms with E-state index in [0.29, 0.717) is 28.3 Å². The van der Waals surface area contributed by atoms with Crippen molar-refractivity contribution in [1.29, 1.82) is 0 Å². The Balaban J connectivity index is 1.45. The smallest absolute Gasteiger partial charge is 0.159 e. The number of pyridine rings is 3. The van der Waals surface area contributed by atoms with Gasteiger partial charge in [0.2, 0.25) is 0 Å². The van der Waals surface area contributed by atoms with Crippen LogP contribution in [0.4, 0.5) is 4.39 Å². The number of aromatic nitrogens is 7. The number of nitrogens with one attached hydrogen (secondary N) is 2. The molecule has 0 spiro atoms. The van der Waals surface area contributed by atoms with Crippen molar-refractivity contribution in [3.05, 3.63) is 78.1 Å². The number of aromatic amines is 2. The molecule has 0 bridgehead atoms. The Labute approximate surface area is 206 Å². The minimum absolute atomic E-state index is 0.304. The highest BCUT2D eigenvalue weighted by Crippen LogP contribution is 2.32. The van der Waals surface area contributed by atoms with Gasteiger partial charge in [-0.3, -0.25) is 20.1 Å². The van der Waals surface area contributed by atoms with Crippen molar-refractivity contribution in [3.8, 4) is 34.0 Å².